The molecular weight excluding hydrogens is 239 g/mol. The van der Waals surface area contributed by atoms with E-state index in [0.717, 1.165) is 0 Å². The summed E-state index contributed by atoms with van der Waals surface area (Å²) in [6.45, 7) is 11.5. The summed E-state index contributed by atoms with van der Waals surface area (Å²) in [6.07, 6.45) is 6.83. The summed E-state index contributed by atoms with van der Waals surface area (Å²) >= 11 is 0. The Hall–Kier alpha value is -0.670. The van der Waals surface area contributed by atoms with Gasteiger partial charge in [-0.2, -0.15) is 0 Å². The van der Waals surface area contributed by atoms with Crippen LogP contribution in [0.2, 0.25) is 0 Å². The summed E-state index contributed by atoms with van der Waals surface area (Å²) < 4.78 is 27.5. The Bertz CT molecular complexity index is 233. The lowest BCUT2D eigenvalue weighted by atomic mass is 10.5. The van der Waals surface area contributed by atoms with Gasteiger partial charge < -0.3 is 0 Å². The molecule has 0 aromatic heterocycles. The first-order chi connectivity index (χ1) is 8.18. The summed E-state index contributed by atoms with van der Waals surface area (Å²) in [5.41, 5.74) is 0. The van der Waals surface area contributed by atoms with E-state index in [9.17, 15) is 4.57 Å². The van der Waals surface area contributed by atoms with Crippen LogP contribution in [0.15, 0.2) is 38.0 Å². The predicted molar refractivity (Wildman–Crippen MR) is 69.9 cm³/mol. The standard InChI is InChI=1S/C12H21O4P/c1-4-7-10-14-17(13,15-11-8-5-2)16-12-9-6-3/h4-6H,1-3,7-12H2. The van der Waals surface area contributed by atoms with Gasteiger partial charge in [0.2, 0.25) is 0 Å². The molecule has 0 heterocycles. The number of rotatable bonds is 12. The third kappa shape index (κ3) is 9.07. The number of phosphoric acid groups is 1. The molecule has 0 N–H and O–H groups in total. The highest BCUT2D eigenvalue weighted by atomic mass is 31.2. The highest BCUT2D eigenvalue weighted by molar-refractivity contribution is 7.48. The number of hydrogen-bond donors (Lipinski definition) is 0. The van der Waals surface area contributed by atoms with Crippen molar-refractivity contribution in [1.82, 2.24) is 0 Å². The molecule has 0 bridgehead atoms. The van der Waals surface area contributed by atoms with Gasteiger partial charge in [-0.3, -0.25) is 13.6 Å². The first-order valence-corrected chi connectivity index (χ1v) is 7.01. The van der Waals surface area contributed by atoms with Crippen LogP contribution in [0.1, 0.15) is 19.3 Å². The molecular formula is C12H21O4P. The lowest BCUT2D eigenvalue weighted by Crippen LogP contribution is -2.03. The lowest BCUT2D eigenvalue weighted by Gasteiger charge is -2.17. The molecule has 5 heteroatoms. The van der Waals surface area contributed by atoms with Crippen molar-refractivity contribution in [2.24, 2.45) is 0 Å². The van der Waals surface area contributed by atoms with E-state index >= 15 is 0 Å². The van der Waals surface area contributed by atoms with Crippen molar-refractivity contribution in [3.8, 4) is 0 Å². The van der Waals surface area contributed by atoms with Crippen LogP contribution in [0.4, 0.5) is 0 Å². The molecule has 98 valence electrons. The molecule has 0 aromatic rings. The Balaban J connectivity index is 4.12. The van der Waals surface area contributed by atoms with E-state index in [1.807, 2.05) is 0 Å². The normalized spacial score (nSPS) is 11.1. The van der Waals surface area contributed by atoms with Crippen LogP contribution in [0, 0.1) is 0 Å². The van der Waals surface area contributed by atoms with Crippen molar-refractivity contribution in [2.45, 2.75) is 19.3 Å². The van der Waals surface area contributed by atoms with Crippen LogP contribution in [-0.2, 0) is 18.1 Å². The Labute approximate surface area is 104 Å². The van der Waals surface area contributed by atoms with Crippen molar-refractivity contribution in [3.63, 3.8) is 0 Å². The molecule has 0 saturated carbocycles. The van der Waals surface area contributed by atoms with Gasteiger partial charge in [-0.05, 0) is 19.3 Å². The fraction of sp³-hybridized carbons (Fsp3) is 0.500. The van der Waals surface area contributed by atoms with Gasteiger partial charge in [-0.1, -0.05) is 18.2 Å². The fourth-order valence-corrected chi connectivity index (χ4v) is 2.07. The summed E-state index contributed by atoms with van der Waals surface area (Å²) in [4.78, 5) is 0. The summed E-state index contributed by atoms with van der Waals surface area (Å²) in [5, 5.41) is 0. The highest BCUT2D eigenvalue weighted by Gasteiger charge is 2.25. The highest BCUT2D eigenvalue weighted by Crippen LogP contribution is 2.49. The van der Waals surface area contributed by atoms with Crippen molar-refractivity contribution in [1.29, 1.82) is 0 Å². The molecule has 0 aliphatic heterocycles. The van der Waals surface area contributed by atoms with E-state index in [1.54, 1.807) is 18.2 Å². The van der Waals surface area contributed by atoms with Crippen LogP contribution >= 0.6 is 7.82 Å². The Morgan fingerprint density at radius 2 is 1.06 bits per heavy atom. The maximum absolute atomic E-state index is 12.1. The smallest absolute Gasteiger partial charge is 0.287 e. The minimum absolute atomic E-state index is 0.267. The van der Waals surface area contributed by atoms with Gasteiger partial charge in [0.15, 0.2) is 0 Å². The monoisotopic (exact) mass is 260 g/mol. The minimum atomic E-state index is -3.45. The zero-order valence-corrected chi connectivity index (χ0v) is 11.1. The molecule has 0 atom stereocenters. The maximum atomic E-state index is 12.1. The topological polar surface area (TPSA) is 44.8 Å². The second-order valence-electron chi connectivity index (χ2n) is 3.18. The lowest BCUT2D eigenvalue weighted by molar-refractivity contribution is 0.117. The van der Waals surface area contributed by atoms with Crippen LogP contribution < -0.4 is 0 Å². The van der Waals surface area contributed by atoms with Gasteiger partial charge in [0.05, 0.1) is 19.8 Å². The van der Waals surface area contributed by atoms with Crippen molar-refractivity contribution < 1.29 is 18.1 Å². The number of phosphoric ester groups is 1. The van der Waals surface area contributed by atoms with Crippen molar-refractivity contribution in [3.05, 3.63) is 38.0 Å². The van der Waals surface area contributed by atoms with Crippen molar-refractivity contribution >= 4 is 7.82 Å². The van der Waals surface area contributed by atoms with E-state index in [-0.39, 0.29) is 19.8 Å². The van der Waals surface area contributed by atoms with Gasteiger partial charge >= 0.3 is 7.82 Å². The molecule has 0 amide bonds. The van der Waals surface area contributed by atoms with Crippen LogP contribution in [0.3, 0.4) is 0 Å². The van der Waals surface area contributed by atoms with Crippen LogP contribution in [0.25, 0.3) is 0 Å². The molecule has 0 spiro atoms. The van der Waals surface area contributed by atoms with Crippen LogP contribution in [0.5, 0.6) is 0 Å². The summed E-state index contributed by atoms with van der Waals surface area (Å²) in [5.74, 6) is 0. The average molecular weight is 260 g/mol. The molecule has 17 heavy (non-hydrogen) atoms. The maximum Gasteiger partial charge on any atom is 0.474 e. The number of hydrogen-bond acceptors (Lipinski definition) is 4. The predicted octanol–water partition coefficient (Wildman–Crippen LogP) is 3.87. The quantitative estimate of drug-likeness (QED) is 0.303. The third-order valence-corrected chi connectivity index (χ3v) is 3.21. The van der Waals surface area contributed by atoms with E-state index in [1.165, 1.54) is 0 Å². The minimum Gasteiger partial charge on any atom is -0.287 e. The van der Waals surface area contributed by atoms with Gasteiger partial charge in [-0.25, -0.2) is 4.57 Å². The Morgan fingerprint density at radius 1 is 0.765 bits per heavy atom. The van der Waals surface area contributed by atoms with E-state index in [0.29, 0.717) is 19.3 Å². The zero-order valence-electron chi connectivity index (χ0n) is 10.2. The zero-order chi connectivity index (χ0) is 13.0. The largest absolute Gasteiger partial charge is 0.474 e. The molecule has 0 radical (unpaired) electrons. The average Bonchev–Trinajstić information content (AvgIpc) is 2.30. The van der Waals surface area contributed by atoms with Crippen molar-refractivity contribution in [2.75, 3.05) is 19.8 Å². The second-order valence-corrected chi connectivity index (χ2v) is 4.85. The first-order valence-electron chi connectivity index (χ1n) is 5.55. The summed E-state index contributed by atoms with van der Waals surface area (Å²) in [6, 6.07) is 0. The SMILES string of the molecule is C=CCCOP(=O)(OCCC=C)OCCC=C. The first kappa shape index (κ1) is 16.3. The van der Waals surface area contributed by atoms with Gasteiger partial charge in [0, 0.05) is 0 Å². The molecule has 0 aromatic carbocycles. The molecule has 4 nitrogen and oxygen atoms in total. The van der Waals surface area contributed by atoms with Gasteiger partial charge in [0.1, 0.15) is 0 Å². The van der Waals surface area contributed by atoms with Gasteiger partial charge in [0.25, 0.3) is 0 Å². The second kappa shape index (κ2) is 10.5. The fourth-order valence-electron chi connectivity index (χ4n) is 0.855. The molecule has 0 rings (SSSR count). The molecule has 0 fully saturated rings. The van der Waals surface area contributed by atoms with E-state index in [2.05, 4.69) is 19.7 Å². The van der Waals surface area contributed by atoms with Gasteiger partial charge in [-0.15, -0.1) is 19.7 Å². The van der Waals surface area contributed by atoms with E-state index < -0.39 is 7.82 Å². The molecule has 0 aliphatic rings. The Morgan fingerprint density at radius 3 is 1.29 bits per heavy atom. The molecule has 0 unspecified atom stereocenters. The van der Waals surface area contributed by atoms with E-state index in [4.69, 9.17) is 13.6 Å². The Kier molecular flexibility index (Phi) is 10.1. The third-order valence-electron chi connectivity index (χ3n) is 1.71. The molecule has 0 aliphatic carbocycles. The summed E-state index contributed by atoms with van der Waals surface area (Å²) in [7, 11) is -3.45. The van der Waals surface area contributed by atoms with Crippen LogP contribution in [-0.4, -0.2) is 19.8 Å². The molecule has 0 saturated heterocycles.